The van der Waals surface area contributed by atoms with E-state index < -0.39 is 0 Å². The van der Waals surface area contributed by atoms with Crippen LogP contribution in [0.25, 0.3) is 0 Å². The molecular weight excluding hydrogens is 356 g/mol. The molecule has 0 saturated carbocycles. The lowest BCUT2D eigenvalue weighted by Crippen LogP contribution is -3.07. The maximum Gasteiger partial charge on any atom is 0.204 e. The third kappa shape index (κ3) is 5.69. The number of rotatable bonds is 10. The predicted molar refractivity (Wildman–Crippen MR) is 104 cm³/mol. The van der Waals surface area contributed by atoms with E-state index in [-0.39, 0.29) is 0 Å². The van der Waals surface area contributed by atoms with Crippen LogP contribution in [0.3, 0.4) is 0 Å². The molecule has 0 bridgehead atoms. The fraction of sp³-hybridized carbons (Fsp3) is 0.529. The zero-order valence-electron chi connectivity index (χ0n) is 15.3. The average molecular weight is 384 g/mol. The van der Waals surface area contributed by atoms with Gasteiger partial charge in [-0.15, -0.1) is 5.10 Å². The van der Waals surface area contributed by atoms with Gasteiger partial charge >= 0.3 is 0 Å². The first-order valence-electron chi connectivity index (χ1n) is 8.50. The van der Waals surface area contributed by atoms with Crippen LogP contribution in [0.5, 0.6) is 11.5 Å². The molecule has 0 amide bonds. The summed E-state index contributed by atoms with van der Waals surface area (Å²) >= 11 is 6.94. The summed E-state index contributed by atoms with van der Waals surface area (Å²) < 4.78 is 13.7. The van der Waals surface area contributed by atoms with E-state index in [1.54, 1.807) is 7.11 Å². The standard InChI is InChI=1S/C17H26N4O2S2/c1-5-9-18-16-19-21(17(24)25-16)12-20(3)11-13-7-8-14(23-6-2)15(10-13)22-4/h7-8,10H,5-6,9,11-12H2,1-4H3,(H,18,19)/p+1. The van der Waals surface area contributed by atoms with Crippen molar-refractivity contribution < 1.29 is 14.4 Å². The number of hydrogen-bond donors (Lipinski definition) is 2. The Morgan fingerprint density at radius 3 is 2.80 bits per heavy atom. The minimum atomic E-state index is 0.622. The largest absolute Gasteiger partial charge is 0.493 e. The van der Waals surface area contributed by atoms with E-state index in [0.29, 0.717) is 6.61 Å². The van der Waals surface area contributed by atoms with Crippen molar-refractivity contribution in [3.05, 3.63) is 27.7 Å². The SMILES string of the molecule is CCCNc1nn(C[NH+](C)Cc2ccc(OCC)c(OC)c2)c(=S)s1. The summed E-state index contributed by atoms with van der Waals surface area (Å²) in [6.45, 7) is 7.20. The monoisotopic (exact) mass is 383 g/mol. The number of anilines is 1. The van der Waals surface area contributed by atoms with Crippen LogP contribution >= 0.6 is 23.6 Å². The third-order valence-electron chi connectivity index (χ3n) is 3.59. The van der Waals surface area contributed by atoms with E-state index in [0.717, 1.165) is 46.8 Å². The number of hydrogen-bond acceptors (Lipinski definition) is 6. The molecule has 0 saturated heterocycles. The summed E-state index contributed by atoms with van der Waals surface area (Å²) in [5.74, 6) is 1.54. The van der Waals surface area contributed by atoms with E-state index in [2.05, 4.69) is 30.5 Å². The molecular formula is C17H27N4O2S2+. The molecule has 2 aromatic rings. The Labute approximate surface area is 158 Å². The molecule has 1 aromatic carbocycles. The van der Waals surface area contributed by atoms with Crippen LogP contribution in [0.15, 0.2) is 18.2 Å². The van der Waals surface area contributed by atoms with Gasteiger partial charge in [0.25, 0.3) is 0 Å². The van der Waals surface area contributed by atoms with E-state index in [1.165, 1.54) is 21.8 Å². The van der Waals surface area contributed by atoms with E-state index in [1.807, 2.05) is 23.7 Å². The molecule has 2 N–H and O–H groups in total. The Hall–Kier alpha value is -1.64. The van der Waals surface area contributed by atoms with Gasteiger partial charge in [-0.05, 0) is 43.8 Å². The van der Waals surface area contributed by atoms with Gasteiger partial charge in [0, 0.05) is 12.1 Å². The first-order chi connectivity index (χ1) is 12.1. The molecule has 0 spiro atoms. The van der Waals surface area contributed by atoms with Crippen LogP contribution in [0.4, 0.5) is 5.13 Å². The van der Waals surface area contributed by atoms with Crippen molar-refractivity contribution in [2.75, 3.05) is 32.6 Å². The van der Waals surface area contributed by atoms with E-state index in [9.17, 15) is 0 Å². The lowest BCUT2D eigenvalue weighted by Gasteiger charge is -2.15. The van der Waals surface area contributed by atoms with Crippen LogP contribution in [-0.2, 0) is 13.2 Å². The highest BCUT2D eigenvalue weighted by atomic mass is 32.1. The molecule has 138 valence electrons. The minimum absolute atomic E-state index is 0.622. The zero-order valence-corrected chi connectivity index (χ0v) is 16.9. The minimum Gasteiger partial charge on any atom is -0.493 e. The lowest BCUT2D eigenvalue weighted by atomic mass is 10.2. The Bertz CT molecular complexity index is 730. The molecule has 1 heterocycles. The Morgan fingerprint density at radius 2 is 2.12 bits per heavy atom. The zero-order chi connectivity index (χ0) is 18.2. The second kappa shape index (κ2) is 9.74. The highest BCUT2D eigenvalue weighted by Crippen LogP contribution is 2.27. The summed E-state index contributed by atoms with van der Waals surface area (Å²) in [5, 5.41) is 8.74. The number of ether oxygens (including phenoxy) is 2. The van der Waals surface area contributed by atoms with Crippen LogP contribution in [0.1, 0.15) is 25.8 Å². The average Bonchev–Trinajstić information content (AvgIpc) is 2.94. The molecule has 1 unspecified atom stereocenters. The molecule has 0 aliphatic heterocycles. The first kappa shape index (κ1) is 19.7. The van der Waals surface area contributed by atoms with Crippen molar-refractivity contribution in [2.45, 2.75) is 33.5 Å². The summed E-state index contributed by atoms with van der Waals surface area (Å²) in [7, 11) is 3.79. The van der Waals surface area contributed by atoms with Crippen molar-refractivity contribution in [1.29, 1.82) is 0 Å². The predicted octanol–water partition coefficient (Wildman–Crippen LogP) is 2.58. The fourth-order valence-corrected chi connectivity index (χ4v) is 3.50. The molecule has 0 radical (unpaired) electrons. The van der Waals surface area contributed by atoms with Crippen LogP contribution in [0.2, 0.25) is 0 Å². The van der Waals surface area contributed by atoms with Gasteiger partial charge in [0.05, 0.1) is 20.8 Å². The topological polar surface area (TPSA) is 52.8 Å². The number of quaternary nitrogens is 1. The van der Waals surface area contributed by atoms with Gasteiger partial charge in [-0.2, -0.15) is 4.68 Å². The molecule has 0 aliphatic carbocycles. The van der Waals surface area contributed by atoms with Crippen LogP contribution < -0.4 is 19.7 Å². The third-order valence-corrected chi connectivity index (χ3v) is 4.85. The molecule has 8 heteroatoms. The highest BCUT2D eigenvalue weighted by Gasteiger charge is 2.11. The van der Waals surface area contributed by atoms with Crippen molar-refractivity contribution in [3.8, 4) is 11.5 Å². The number of methoxy groups -OCH3 is 1. The number of aromatic nitrogens is 2. The van der Waals surface area contributed by atoms with Crippen molar-refractivity contribution in [3.63, 3.8) is 0 Å². The molecule has 0 aliphatic rings. The van der Waals surface area contributed by atoms with Gasteiger partial charge < -0.3 is 19.7 Å². The lowest BCUT2D eigenvalue weighted by molar-refractivity contribution is -0.917. The fourth-order valence-electron chi connectivity index (χ4n) is 2.47. The van der Waals surface area contributed by atoms with Gasteiger partial charge in [-0.25, -0.2) is 0 Å². The molecule has 1 atom stereocenters. The Balaban J connectivity index is 2.01. The van der Waals surface area contributed by atoms with Gasteiger partial charge in [0.2, 0.25) is 5.13 Å². The van der Waals surface area contributed by atoms with Gasteiger partial charge in [-0.3, -0.25) is 0 Å². The van der Waals surface area contributed by atoms with Crippen molar-refractivity contribution >= 4 is 28.7 Å². The maximum atomic E-state index is 5.57. The van der Waals surface area contributed by atoms with E-state index >= 15 is 0 Å². The Morgan fingerprint density at radius 1 is 1.32 bits per heavy atom. The number of benzene rings is 1. The summed E-state index contributed by atoms with van der Waals surface area (Å²) in [6.07, 6.45) is 1.07. The van der Waals surface area contributed by atoms with Gasteiger partial charge in [-0.1, -0.05) is 18.3 Å². The summed E-state index contributed by atoms with van der Waals surface area (Å²) in [4.78, 5) is 1.29. The molecule has 6 nitrogen and oxygen atoms in total. The number of nitrogens with one attached hydrogen (secondary N) is 2. The normalized spacial score (nSPS) is 12.0. The molecule has 25 heavy (non-hydrogen) atoms. The molecule has 0 fully saturated rings. The van der Waals surface area contributed by atoms with Gasteiger partial charge in [0.1, 0.15) is 6.54 Å². The van der Waals surface area contributed by atoms with Crippen LogP contribution in [0, 0.1) is 3.95 Å². The highest BCUT2D eigenvalue weighted by molar-refractivity contribution is 7.73. The van der Waals surface area contributed by atoms with Crippen molar-refractivity contribution in [1.82, 2.24) is 9.78 Å². The van der Waals surface area contributed by atoms with Gasteiger partial charge in [0.15, 0.2) is 22.1 Å². The second-order valence-corrected chi connectivity index (χ2v) is 7.43. The molecule has 2 rings (SSSR count). The summed E-state index contributed by atoms with van der Waals surface area (Å²) in [5.41, 5.74) is 1.18. The maximum absolute atomic E-state index is 5.57. The Kier molecular flexibility index (Phi) is 7.67. The van der Waals surface area contributed by atoms with Crippen LogP contribution in [-0.4, -0.2) is 37.1 Å². The first-order valence-corrected chi connectivity index (χ1v) is 9.72. The van der Waals surface area contributed by atoms with E-state index in [4.69, 9.17) is 21.7 Å². The smallest absolute Gasteiger partial charge is 0.204 e. The second-order valence-electron chi connectivity index (χ2n) is 5.81. The quantitative estimate of drug-likeness (QED) is 0.618. The summed E-state index contributed by atoms with van der Waals surface area (Å²) in [6, 6.07) is 6.07. The van der Waals surface area contributed by atoms with Crippen molar-refractivity contribution in [2.24, 2.45) is 0 Å². The molecule has 1 aromatic heterocycles. The number of nitrogens with zero attached hydrogens (tertiary/aromatic N) is 2.